The van der Waals surface area contributed by atoms with Crippen LogP contribution in [0.3, 0.4) is 0 Å². The molecule has 0 radical (unpaired) electrons. The fourth-order valence-electron chi connectivity index (χ4n) is 6.74. The van der Waals surface area contributed by atoms with Crippen molar-refractivity contribution in [2.75, 3.05) is 19.4 Å². The summed E-state index contributed by atoms with van der Waals surface area (Å²) in [5, 5.41) is 4.09. The van der Waals surface area contributed by atoms with Crippen LogP contribution in [0.4, 0.5) is 5.69 Å². The molecule has 0 bridgehead atoms. The molecule has 7 rings (SSSR count). The number of benzene rings is 3. The lowest BCUT2D eigenvalue weighted by Crippen LogP contribution is -2.35. The number of carbonyl (C=O) groups excluding carboxylic acids is 2. The highest BCUT2D eigenvalue weighted by Gasteiger charge is 2.50. The fraction of sp³-hybridized carbons (Fsp3) is 0.273. The van der Waals surface area contributed by atoms with E-state index in [0.717, 1.165) is 55.6 Å². The summed E-state index contributed by atoms with van der Waals surface area (Å²) >= 11 is 0. The number of hydrogen-bond donors (Lipinski definition) is 1. The summed E-state index contributed by atoms with van der Waals surface area (Å²) < 4.78 is 3.29. The van der Waals surface area contributed by atoms with Crippen molar-refractivity contribution in [3.63, 3.8) is 0 Å². The zero-order valence-corrected chi connectivity index (χ0v) is 23.6. The Labute approximate surface area is 237 Å². The van der Waals surface area contributed by atoms with Gasteiger partial charge in [0.25, 0.3) is 0 Å². The summed E-state index contributed by atoms with van der Waals surface area (Å²) in [6, 6.07) is 20.3. The average molecular weight is 546 g/mol. The number of pyridine rings is 1. The van der Waals surface area contributed by atoms with Crippen LogP contribution < -0.4 is 11.0 Å². The Hall–Kier alpha value is -4.72. The first-order valence-electron chi connectivity index (χ1n) is 13.9. The van der Waals surface area contributed by atoms with Crippen molar-refractivity contribution >= 4 is 39.4 Å². The van der Waals surface area contributed by atoms with E-state index in [1.54, 1.807) is 23.2 Å². The second kappa shape index (κ2) is 8.89. The van der Waals surface area contributed by atoms with Gasteiger partial charge in [-0.1, -0.05) is 30.3 Å². The number of likely N-dealkylation sites (N-methyl/N-ethyl adjacent to an activating group) is 1. The smallest absolute Gasteiger partial charge is 0.329 e. The Balaban J connectivity index is 1.28. The summed E-state index contributed by atoms with van der Waals surface area (Å²) in [4.78, 5) is 45.9. The standard InChI is InChI=1S/C33H31N5O3/c1-19-11-20(2)30-28(12-19)37(32(41)38(30)18-29(39)36(3)4)17-24-10-9-21-13-22-15-33(16-23(22)14-27(21)34-24)25-7-5-6-8-26(25)35-31(33)40/h5-14H,15-18H2,1-4H3,(H,35,40)/t33-/m0/s1. The van der Waals surface area contributed by atoms with E-state index in [-0.39, 0.29) is 30.6 Å². The molecule has 2 aromatic heterocycles. The van der Waals surface area contributed by atoms with E-state index in [2.05, 4.69) is 23.5 Å². The van der Waals surface area contributed by atoms with Gasteiger partial charge >= 0.3 is 5.69 Å². The minimum absolute atomic E-state index is 0.0189. The highest BCUT2D eigenvalue weighted by atomic mass is 16.2. The lowest BCUT2D eigenvalue weighted by atomic mass is 9.79. The summed E-state index contributed by atoms with van der Waals surface area (Å²) in [6.07, 6.45) is 1.31. The maximum Gasteiger partial charge on any atom is 0.329 e. The Bertz CT molecular complexity index is 2000. The molecule has 1 aliphatic carbocycles. The molecule has 1 aliphatic heterocycles. The van der Waals surface area contributed by atoms with Crippen molar-refractivity contribution in [1.29, 1.82) is 0 Å². The van der Waals surface area contributed by atoms with Crippen molar-refractivity contribution in [2.24, 2.45) is 0 Å². The molecule has 206 valence electrons. The largest absolute Gasteiger partial charge is 0.347 e. The molecule has 2 aliphatic rings. The molecule has 0 saturated heterocycles. The third-order valence-electron chi connectivity index (χ3n) is 8.74. The van der Waals surface area contributed by atoms with Crippen LogP contribution in [-0.4, -0.2) is 44.9 Å². The number of aromatic nitrogens is 3. The van der Waals surface area contributed by atoms with Crippen LogP contribution in [0.15, 0.2) is 65.5 Å². The predicted molar refractivity (Wildman–Crippen MR) is 159 cm³/mol. The second-order valence-electron chi connectivity index (χ2n) is 11.7. The molecule has 0 fully saturated rings. The van der Waals surface area contributed by atoms with Gasteiger partial charge in [-0.2, -0.15) is 0 Å². The zero-order chi connectivity index (χ0) is 28.6. The first-order chi connectivity index (χ1) is 19.6. The van der Waals surface area contributed by atoms with E-state index < -0.39 is 5.41 Å². The first kappa shape index (κ1) is 25.3. The SMILES string of the molecule is Cc1cc(C)c2c(c1)n(Cc1ccc3cc4c(cc3n1)C[C@]1(C4)C(=O)Nc3ccccc31)c(=O)n2CC(=O)N(C)C. The molecule has 0 saturated carbocycles. The maximum absolute atomic E-state index is 13.7. The van der Waals surface area contributed by atoms with Gasteiger partial charge in [0.1, 0.15) is 6.54 Å². The molecule has 2 amide bonds. The minimum Gasteiger partial charge on any atom is -0.347 e. The number of anilines is 1. The van der Waals surface area contributed by atoms with Gasteiger partial charge in [0, 0.05) is 25.2 Å². The van der Waals surface area contributed by atoms with E-state index >= 15 is 0 Å². The fourth-order valence-corrected chi connectivity index (χ4v) is 6.74. The average Bonchev–Trinajstić information content (AvgIpc) is 3.53. The van der Waals surface area contributed by atoms with E-state index in [9.17, 15) is 14.4 Å². The zero-order valence-electron chi connectivity index (χ0n) is 23.6. The van der Waals surface area contributed by atoms with Gasteiger partial charge in [0.2, 0.25) is 11.8 Å². The van der Waals surface area contributed by atoms with Crippen molar-refractivity contribution in [3.05, 3.63) is 105 Å². The first-order valence-corrected chi connectivity index (χ1v) is 13.9. The van der Waals surface area contributed by atoms with Crippen LogP contribution in [0.25, 0.3) is 21.9 Å². The number of nitrogens with one attached hydrogen (secondary N) is 1. The molecule has 1 N–H and O–H groups in total. The van der Waals surface area contributed by atoms with Crippen LogP contribution in [-0.2, 0) is 40.9 Å². The third kappa shape index (κ3) is 3.81. The Kier molecular flexibility index (Phi) is 5.48. The van der Waals surface area contributed by atoms with Crippen LogP contribution in [0, 0.1) is 13.8 Å². The Morgan fingerprint density at radius 1 is 0.976 bits per heavy atom. The van der Waals surface area contributed by atoms with E-state index in [1.165, 1.54) is 10.5 Å². The molecule has 5 aromatic rings. The highest BCUT2D eigenvalue weighted by Crippen LogP contribution is 2.47. The molecular weight excluding hydrogens is 514 g/mol. The van der Waals surface area contributed by atoms with E-state index in [0.29, 0.717) is 12.8 Å². The van der Waals surface area contributed by atoms with Gasteiger partial charge in [0.15, 0.2) is 0 Å². The van der Waals surface area contributed by atoms with Gasteiger partial charge < -0.3 is 10.2 Å². The van der Waals surface area contributed by atoms with Crippen molar-refractivity contribution < 1.29 is 9.59 Å². The number of aryl methyl sites for hydroxylation is 2. The normalized spacial score (nSPS) is 17.3. The molecule has 41 heavy (non-hydrogen) atoms. The number of para-hydroxylation sites is 1. The molecule has 8 heteroatoms. The van der Waals surface area contributed by atoms with E-state index in [4.69, 9.17) is 4.98 Å². The molecular formula is C33H31N5O3. The van der Waals surface area contributed by atoms with Gasteiger partial charge in [-0.3, -0.25) is 23.7 Å². The number of nitrogens with zero attached hydrogens (tertiary/aromatic N) is 4. The van der Waals surface area contributed by atoms with Crippen LogP contribution >= 0.6 is 0 Å². The Morgan fingerprint density at radius 2 is 1.73 bits per heavy atom. The number of carbonyl (C=O) groups is 2. The lowest BCUT2D eigenvalue weighted by molar-refractivity contribution is -0.129. The summed E-state index contributed by atoms with van der Waals surface area (Å²) in [5.74, 6) is -0.0816. The molecule has 0 unspecified atom stereocenters. The van der Waals surface area contributed by atoms with Gasteiger partial charge in [-0.15, -0.1) is 0 Å². The van der Waals surface area contributed by atoms with Crippen LogP contribution in [0.2, 0.25) is 0 Å². The monoisotopic (exact) mass is 545 g/mol. The van der Waals surface area contributed by atoms with Crippen molar-refractivity contribution in [2.45, 2.75) is 45.2 Å². The van der Waals surface area contributed by atoms with E-state index in [1.807, 2.05) is 56.3 Å². The summed E-state index contributed by atoms with van der Waals surface area (Å²) in [5.41, 5.74) is 8.64. The van der Waals surface area contributed by atoms with Gasteiger partial charge in [0.05, 0.1) is 34.2 Å². The lowest BCUT2D eigenvalue weighted by Gasteiger charge is -2.20. The molecule has 8 nitrogen and oxygen atoms in total. The molecule has 3 aromatic carbocycles. The number of amides is 2. The van der Waals surface area contributed by atoms with Gasteiger partial charge in [-0.05, 0) is 84.8 Å². The topological polar surface area (TPSA) is 89.2 Å². The van der Waals surface area contributed by atoms with Crippen molar-refractivity contribution in [3.8, 4) is 0 Å². The van der Waals surface area contributed by atoms with Crippen LogP contribution in [0.1, 0.15) is 33.5 Å². The summed E-state index contributed by atoms with van der Waals surface area (Å²) in [7, 11) is 3.39. The third-order valence-corrected chi connectivity index (χ3v) is 8.74. The van der Waals surface area contributed by atoms with Crippen LogP contribution in [0.5, 0.6) is 0 Å². The minimum atomic E-state index is -0.575. The predicted octanol–water partition coefficient (Wildman–Crippen LogP) is 4.09. The molecule has 3 heterocycles. The molecule has 1 atom stereocenters. The Morgan fingerprint density at radius 3 is 2.51 bits per heavy atom. The number of fused-ring (bicyclic) bond motifs is 5. The summed E-state index contributed by atoms with van der Waals surface area (Å²) in [6.45, 7) is 4.25. The molecule has 1 spiro atoms. The van der Waals surface area contributed by atoms with Gasteiger partial charge in [-0.25, -0.2) is 4.79 Å². The quantitative estimate of drug-likeness (QED) is 0.368. The number of hydrogen-bond acceptors (Lipinski definition) is 4. The van der Waals surface area contributed by atoms with Crippen molar-refractivity contribution in [1.82, 2.24) is 19.0 Å². The second-order valence-corrected chi connectivity index (χ2v) is 11.7. The highest BCUT2D eigenvalue weighted by molar-refractivity contribution is 6.07. The maximum atomic E-state index is 13.7. The number of rotatable bonds is 4. The number of imidazole rings is 1.